The van der Waals surface area contributed by atoms with Crippen LogP contribution in [0.4, 0.5) is 11.6 Å². The van der Waals surface area contributed by atoms with Crippen molar-refractivity contribution < 1.29 is 4.79 Å². The van der Waals surface area contributed by atoms with E-state index in [0.29, 0.717) is 5.82 Å². The van der Waals surface area contributed by atoms with Crippen LogP contribution < -0.4 is 16.0 Å². The average Bonchev–Trinajstić information content (AvgIpc) is 2.38. The highest BCUT2D eigenvalue weighted by atomic mass is 16.2. The lowest BCUT2D eigenvalue weighted by atomic mass is 10.1. The zero-order valence-electron chi connectivity index (χ0n) is 11.7. The van der Waals surface area contributed by atoms with Gasteiger partial charge in [0.2, 0.25) is 5.91 Å². The molecule has 0 radical (unpaired) electrons. The molecular formula is C13H21N5O. The molecule has 1 unspecified atom stereocenters. The molecule has 1 saturated heterocycles. The van der Waals surface area contributed by atoms with Gasteiger partial charge in [0.15, 0.2) is 0 Å². The van der Waals surface area contributed by atoms with Crippen LogP contribution in [0.15, 0.2) is 0 Å². The molecule has 3 N–H and O–H groups in total. The van der Waals surface area contributed by atoms with E-state index in [1.807, 2.05) is 20.8 Å². The summed E-state index contributed by atoms with van der Waals surface area (Å²) in [6, 6.07) is -0.198. The minimum atomic E-state index is -0.198. The number of hydrogen-bond donors (Lipinski definition) is 3. The molecule has 6 nitrogen and oxygen atoms in total. The van der Waals surface area contributed by atoms with Crippen molar-refractivity contribution in [1.82, 2.24) is 15.3 Å². The smallest absolute Gasteiger partial charge is 0.242 e. The number of aromatic nitrogens is 2. The van der Waals surface area contributed by atoms with E-state index in [0.717, 1.165) is 43.1 Å². The van der Waals surface area contributed by atoms with Gasteiger partial charge in [0.1, 0.15) is 23.5 Å². The molecule has 1 aromatic heterocycles. The molecule has 2 rings (SSSR count). The summed E-state index contributed by atoms with van der Waals surface area (Å²) < 4.78 is 0. The third-order valence-electron chi connectivity index (χ3n) is 3.20. The molecule has 0 bridgehead atoms. The van der Waals surface area contributed by atoms with Crippen LogP contribution in [0.1, 0.15) is 31.2 Å². The number of hydrogen-bond acceptors (Lipinski definition) is 5. The maximum Gasteiger partial charge on any atom is 0.242 e. The summed E-state index contributed by atoms with van der Waals surface area (Å²) in [5.41, 5.74) is 0.950. The number of rotatable bonds is 4. The first kappa shape index (κ1) is 13.6. The third kappa shape index (κ3) is 3.13. The van der Waals surface area contributed by atoms with Gasteiger partial charge in [-0.1, -0.05) is 0 Å². The van der Waals surface area contributed by atoms with Crippen molar-refractivity contribution in [2.24, 2.45) is 0 Å². The van der Waals surface area contributed by atoms with E-state index >= 15 is 0 Å². The molecule has 1 atom stereocenters. The maximum absolute atomic E-state index is 11.8. The highest BCUT2D eigenvalue weighted by Gasteiger charge is 2.23. The van der Waals surface area contributed by atoms with Gasteiger partial charge in [0, 0.05) is 18.7 Å². The molecule has 6 heteroatoms. The van der Waals surface area contributed by atoms with Gasteiger partial charge in [-0.15, -0.1) is 0 Å². The first-order chi connectivity index (χ1) is 9.11. The molecule has 1 aromatic rings. The van der Waals surface area contributed by atoms with Crippen molar-refractivity contribution in [2.75, 3.05) is 23.7 Å². The van der Waals surface area contributed by atoms with Crippen molar-refractivity contribution in [3.8, 4) is 0 Å². The van der Waals surface area contributed by atoms with E-state index in [-0.39, 0.29) is 11.9 Å². The highest BCUT2D eigenvalue weighted by Crippen LogP contribution is 2.21. The Morgan fingerprint density at radius 1 is 1.32 bits per heavy atom. The van der Waals surface area contributed by atoms with Crippen molar-refractivity contribution in [2.45, 2.75) is 39.7 Å². The van der Waals surface area contributed by atoms with Crippen LogP contribution in [0.5, 0.6) is 0 Å². The molecule has 1 aliphatic heterocycles. The van der Waals surface area contributed by atoms with Gasteiger partial charge in [-0.25, -0.2) is 9.97 Å². The molecule has 0 spiro atoms. The summed E-state index contributed by atoms with van der Waals surface area (Å²) >= 11 is 0. The Morgan fingerprint density at radius 3 is 2.74 bits per heavy atom. The molecule has 0 aliphatic carbocycles. The normalized spacial score (nSPS) is 18.9. The van der Waals surface area contributed by atoms with Crippen LogP contribution in [0.25, 0.3) is 0 Å². The molecule has 1 aliphatic rings. The van der Waals surface area contributed by atoms with Crippen molar-refractivity contribution in [1.29, 1.82) is 0 Å². The second-order valence-corrected chi connectivity index (χ2v) is 4.75. The van der Waals surface area contributed by atoms with Crippen LogP contribution in [-0.2, 0) is 4.79 Å². The van der Waals surface area contributed by atoms with Crippen LogP contribution in [0, 0.1) is 13.8 Å². The van der Waals surface area contributed by atoms with Crippen LogP contribution in [0.2, 0.25) is 0 Å². The van der Waals surface area contributed by atoms with E-state index < -0.39 is 0 Å². The molecular weight excluding hydrogens is 242 g/mol. The predicted octanol–water partition coefficient (Wildman–Crippen LogP) is 1.22. The molecule has 2 heterocycles. The average molecular weight is 263 g/mol. The minimum Gasteiger partial charge on any atom is -0.370 e. The molecule has 0 aromatic carbocycles. The minimum absolute atomic E-state index is 0.0481. The Kier molecular flexibility index (Phi) is 4.19. The quantitative estimate of drug-likeness (QED) is 0.761. The summed E-state index contributed by atoms with van der Waals surface area (Å²) in [6.45, 7) is 7.41. The Balaban J connectivity index is 2.21. The standard InChI is InChI=1S/C13H21N5O/c1-4-14-11-8(2)12(17-9(3)16-11)18-10-6-5-7-15-13(10)19/h10H,4-7H2,1-3H3,(H,15,19)(H2,14,16,17,18). The Morgan fingerprint density at radius 2 is 2.05 bits per heavy atom. The lowest BCUT2D eigenvalue weighted by Crippen LogP contribution is -2.44. The molecule has 1 amide bonds. The van der Waals surface area contributed by atoms with Gasteiger partial charge >= 0.3 is 0 Å². The third-order valence-corrected chi connectivity index (χ3v) is 3.20. The second-order valence-electron chi connectivity index (χ2n) is 4.75. The van der Waals surface area contributed by atoms with Crippen molar-refractivity contribution in [3.63, 3.8) is 0 Å². The molecule has 104 valence electrons. The summed E-state index contributed by atoms with van der Waals surface area (Å²) in [7, 11) is 0. The van der Waals surface area contributed by atoms with Crippen LogP contribution in [-0.4, -0.2) is 35.0 Å². The number of nitrogens with zero attached hydrogens (tertiary/aromatic N) is 2. The largest absolute Gasteiger partial charge is 0.370 e. The number of anilines is 2. The Bertz CT molecular complexity index is 474. The number of carbonyl (C=O) groups excluding carboxylic acids is 1. The van der Waals surface area contributed by atoms with Crippen LogP contribution >= 0.6 is 0 Å². The van der Waals surface area contributed by atoms with E-state index in [4.69, 9.17) is 0 Å². The number of carbonyl (C=O) groups is 1. The fraction of sp³-hybridized carbons (Fsp3) is 0.615. The number of piperidine rings is 1. The number of amides is 1. The highest BCUT2D eigenvalue weighted by molar-refractivity contribution is 5.85. The Hall–Kier alpha value is -1.85. The number of aryl methyl sites for hydroxylation is 1. The van der Waals surface area contributed by atoms with Gasteiger partial charge < -0.3 is 16.0 Å². The SMILES string of the molecule is CCNc1nc(C)nc(NC2CCCNC2=O)c1C. The lowest BCUT2D eigenvalue weighted by molar-refractivity contribution is -0.123. The van der Waals surface area contributed by atoms with Gasteiger partial charge in [0.05, 0.1) is 0 Å². The maximum atomic E-state index is 11.8. The van der Waals surface area contributed by atoms with Crippen molar-refractivity contribution in [3.05, 3.63) is 11.4 Å². The number of nitrogens with one attached hydrogen (secondary N) is 3. The summed E-state index contributed by atoms with van der Waals surface area (Å²) in [5, 5.41) is 9.31. The monoisotopic (exact) mass is 263 g/mol. The zero-order valence-corrected chi connectivity index (χ0v) is 11.7. The van der Waals surface area contributed by atoms with Gasteiger partial charge in [-0.05, 0) is 33.6 Å². The van der Waals surface area contributed by atoms with E-state index in [1.54, 1.807) is 0 Å². The van der Waals surface area contributed by atoms with Crippen LogP contribution in [0.3, 0.4) is 0 Å². The molecule has 19 heavy (non-hydrogen) atoms. The fourth-order valence-electron chi connectivity index (χ4n) is 2.18. The first-order valence-corrected chi connectivity index (χ1v) is 6.75. The zero-order chi connectivity index (χ0) is 13.8. The van der Waals surface area contributed by atoms with Gasteiger partial charge in [-0.2, -0.15) is 0 Å². The lowest BCUT2D eigenvalue weighted by Gasteiger charge is -2.24. The van der Waals surface area contributed by atoms with E-state index in [2.05, 4.69) is 25.9 Å². The summed E-state index contributed by atoms with van der Waals surface area (Å²) in [4.78, 5) is 20.5. The van der Waals surface area contributed by atoms with Gasteiger partial charge in [-0.3, -0.25) is 4.79 Å². The molecule has 0 saturated carbocycles. The summed E-state index contributed by atoms with van der Waals surface area (Å²) in [6.07, 6.45) is 1.83. The van der Waals surface area contributed by atoms with Gasteiger partial charge in [0.25, 0.3) is 0 Å². The topological polar surface area (TPSA) is 78.9 Å². The Labute approximate surface area is 113 Å². The van der Waals surface area contributed by atoms with E-state index in [1.165, 1.54) is 0 Å². The molecule has 1 fully saturated rings. The summed E-state index contributed by atoms with van der Waals surface area (Å²) in [5.74, 6) is 2.31. The van der Waals surface area contributed by atoms with Crippen molar-refractivity contribution >= 4 is 17.5 Å². The second kappa shape index (κ2) is 5.86. The fourth-order valence-corrected chi connectivity index (χ4v) is 2.18. The first-order valence-electron chi connectivity index (χ1n) is 6.75. The predicted molar refractivity (Wildman–Crippen MR) is 75.3 cm³/mol. The van der Waals surface area contributed by atoms with E-state index in [9.17, 15) is 4.79 Å².